The van der Waals surface area contributed by atoms with E-state index in [2.05, 4.69) is 19.2 Å². The fourth-order valence-electron chi connectivity index (χ4n) is 5.74. The first-order chi connectivity index (χ1) is 30.3. The molecule has 0 aromatic carbocycles. The van der Waals surface area contributed by atoms with Gasteiger partial charge in [-0.05, 0) is 60.0 Å². The monoisotopic (exact) mass is 983 g/mol. The van der Waals surface area contributed by atoms with E-state index in [1.165, 1.54) is 78.6 Å². The molecule has 1 heterocycles. The van der Waals surface area contributed by atoms with E-state index in [0.29, 0.717) is 19.4 Å². The minimum Gasteiger partial charge on any atom is -0.594 e. The van der Waals surface area contributed by atoms with Crippen molar-refractivity contribution in [3.63, 3.8) is 0 Å². The number of hydrogen-bond donors (Lipinski definition) is 2. The summed E-state index contributed by atoms with van der Waals surface area (Å²) in [6.07, 6.45) is 22.2. The molecule has 1 aromatic heterocycles. The molecule has 0 spiro atoms. The molecule has 0 radical (unpaired) electrons. The maximum Gasteiger partial charge on any atom is 0.493 e. The molecule has 0 atom stereocenters. The van der Waals surface area contributed by atoms with E-state index < -0.39 is 43.8 Å². The maximum atomic E-state index is 12.1. The number of methoxy groups -OCH3 is 2. The zero-order valence-corrected chi connectivity index (χ0v) is 43.5. The largest absolute Gasteiger partial charge is 0.594 e. The molecule has 0 bridgehead atoms. The van der Waals surface area contributed by atoms with Crippen molar-refractivity contribution in [1.82, 2.24) is 14.3 Å². The number of carbonyl (C=O) groups excluding carboxylic acids is 3. The van der Waals surface area contributed by atoms with Crippen LogP contribution in [0.3, 0.4) is 0 Å². The Kier molecular flexibility index (Phi) is 37.6. The van der Waals surface area contributed by atoms with E-state index in [1.54, 1.807) is 53.7 Å². The van der Waals surface area contributed by atoms with Gasteiger partial charge < -0.3 is 34.3 Å². The van der Waals surface area contributed by atoms with Gasteiger partial charge in [0.2, 0.25) is 0 Å². The van der Waals surface area contributed by atoms with E-state index >= 15 is 0 Å². The van der Waals surface area contributed by atoms with E-state index in [9.17, 15) is 36.3 Å². The molecule has 0 saturated carbocycles. The highest BCUT2D eigenvalue weighted by Crippen LogP contribution is 2.14. The van der Waals surface area contributed by atoms with E-state index in [1.807, 2.05) is 30.8 Å². The van der Waals surface area contributed by atoms with Crippen LogP contribution in [0.1, 0.15) is 177 Å². The number of amides is 1. The molecule has 0 aliphatic rings. The minimum atomic E-state index is -4.13. The third-order valence-corrected chi connectivity index (χ3v) is 11.9. The smallest absolute Gasteiger partial charge is 0.493 e. The second-order valence-electron chi connectivity index (χ2n) is 17.9. The van der Waals surface area contributed by atoms with Crippen molar-refractivity contribution in [3.8, 4) is 0 Å². The molecule has 0 aliphatic carbocycles. The Balaban J connectivity index is -0.000000927. The fraction of sp³-hybridized carbons (Fsp3) is 0.804. The highest BCUT2D eigenvalue weighted by atomic mass is 32.2. The van der Waals surface area contributed by atoms with Gasteiger partial charge in [-0.15, -0.1) is 8.42 Å². The van der Waals surface area contributed by atoms with Crippen molar-refractivity contribution >= 4 is 50.2 Å². The standard InChI is InChI=1S/C19H38N2O6S.C14H29NO2.C12H19N3O4S.CH4/c1-19(2,3)27-18(23)20-28(24,25)21(4)16-14-12-10-8-6-7-9-11-13-15-17(22)26-5;1-15-13-11-9-7-5-3-4-6-8-10-12-14(16)17-2;1-12(2,3)19-11(16)13-20(17,18)15-8-6-10(7-9-15)14(4)5;/h6-16H2,1-5H3,(H,20,23);15H,3-13H2,1-2H3;6-9H,1-5H3;1H4. The summed E-state index contributed by atoms with van der Waals surface area (Å²) in [5, 5.41) is 14.6. The summed E-state index contributed by atoms with van der Waals surface area (Å²) in [5.41, 5.74) is -0.719. The predicted octanol–water partition coefficient (Wildman–Crippen LogP) is 7.34. The topological polar surface area (TPSA) is 226 Å². The molecule has 0 saturated heterocycles. The van der Waals surface area contributed by atoms with Gasteiger partial charge in [-0.3, -0.25) is 9.59 Å². The minimum absolute atomic E-state index is 0. The Morgan fingerprint density at radius 2 is 1.03 bits per heavy atom. The lowest BCUT2D eigenvalue weighted by Gasteiger charge is -2.28. The summed E-state index contributed by atoms with van der Waals surface area (Å²) in [7, 11) is 1.98. The van der Waals surface area contributed by atoms with Gasteiger partial charge in [0, 0.05) is 64.0 Å². The number of ether oxygens (including phenoxy) is 4. The molecule has 1 amide bonds. The predicted molar refractivity (Wildman–Crippen MR) is 262 cm³/mol. The summed E-state index contributed by atoms with van der Waals surface area (Å²) >= 11 is 0. The van der Waals surface area contributed by atoms with Crippen molar-refractivity contribution in [2.24, 2.45) is 4.40 Å². The summed E-state index contributed by atoms with van der Waals surface area (Å²) in [5.74, 6) is -0.220. The average Bonchev–Trinajstić information content (AvgIpc) is 3.20. The van der Waals surface area contributed by atoms with Gasteiger partial charge in [-0.25, -0.2) is 9.52 Å². The Bertz CT molecular complexity index is 1680. The van der Waals surface area contributed by atoms with Crippen LogP contribution in [-0.2, 0) is 49.0 Å². The number of carbonyl (C=O) groups is 3. The van der Waals surface area contributed by atoms with Crippen LogP contribution < -0.4 is 24.0 Å². The molecule has 18 nitrogen and oxygen atoms in total. The Morgan fingerprint density at radius 3 is 1.39 bits per heavy atom. The summed E-state index contributed by atoms with van der Waals surface area (Å²) < 4.78 is 73.9. The van der Waals surface area contributed by atoms with Crippen LogP contribution in [0.15, 0.2) is 28.9 Å². The number of nitrogens with one attached hydrogen (secondary N) is 2. The summed E-state index contributed by atoms with van der Waals surface area (Å²) in [4.78, 5) is 35.2. The molecule has 1 aromatic rings. The average molecular weight is 983 g/mol. The Morgan fingerprint density at radius 1 is 0.652 bits per heavy atom. The highest BCUT2D eigenvalue weighted by molar-refractivity contribution is 7.87. The number of hydrogen-bond acceptors (Lipinski definition) is 14. The van der Waals surface area contributed by atoms with E-state index in [-0.39, 0.29) is 19.4 Å². The van der Waals surface area contributed by atoms with Crippen LogP contribution in [0, 0.1) is 0 Å². The lowest BCUT2D eigenvalue weighted by Crippen LogP contribution is -2.44. The van der Waals surface area contributed by atoms with Crippen LogP contribution in [-0.4, -0.2) is 112 Å². The maximum absolute atomic E-state index is 12.1. The quantitative estimate of drug-likeness (QED) is 0.0200. The molecule has 0 fully saturated rings. The molecule has 66 heavy (non-hydrogen) atoms. The van der Waals surface area contributed by atoms with Crippen molar-refractivity contribution in [2.75, 3.05) is 60.4 Å². The third kappa shape index (κ3) is 39.4. The second-order valence-corrected chi connectivity index (χ2v) is 21.2. The van der Waals surface area contributed by atoms with Gasteiger partial charge in [0.15, 0.2) is 18.5 Å². The number of pyridine rings is 1. The fourth-order valence-corrected chi connectivity index (χ4v) is 7.26. The lowest BCUT2D eigenvalue weighted by molar-refractivity contribution is -0.511. The van der Waals surface area contributed by atoms with Crippen molar-refractivity contribution < 1.29 is 59.2 Å². The number of anilines is 1. The van der Waals surface area contributed by atoms with E-state index in [4.69, 9.17) is 9.47 Å². The van der Waals surface area contributed by atoms with Gasteiger partial charge in [-0.1, -0.05) is 126 Å². The molecule has 1 rings (SSSR count). The lowest BCUT2D eigenvalue weighted by atomic mass is 10.1. The number of esters is 2. The van der Waals surface area contributed by atoms with Gasteiger partial charge in [0.1, 0.15) is 5.60 Å². The first-order valence-electron chi connectivity index (χ1n) is 23.0. The molecular formula is C46H90N6O12S2. The molecular weight excluding hydrogens is 893 g/mol. The third-order valence-electron chi connectivity index (χ3n) is 9.29. The van der Waals surface area contributed by atoms with Crippen LogP contribution in [0.4, 0.5) is 10.5 Å². The summed E-state index contributed by atoms with van der Waals surface area (Å²) in [6.45, 7) is 11.4. The number of rotatable bonds is 29. The zero-order valence-electron chi connectivity index (χ0n) is 41.9. The van der Waals surface area contributed by atoms with E-state index in [0.717, 1.165) is 91.1 Å². The molecule has 20 heteroatoms. The van der Waals surface area contributed by atoms with Crippen LogP contribution in [0.25, 0.3) is 0 Å². The first kappa shape index (κ1) is 66.5. The number of aromatic nitrogens is 1. The van der Waals surface area contributed by atoms with Gasteiger partial charge in [0.25, 0.3) is 0 Å². The van der Waals surface area contributed by atoms with Crippen molar-refractivity contribution in [2.45, 2.75) is 189 Å². The normalized spacial score (nSPS) is 11.8. The molecule has 0 aliphatic heterocycles. The number of unbranched alkanes of at least 4 members (excludes halogenated alkanes) is 16. The van der Waals surface area contributed by atoms with Crippen LogP contribution in [0.5, 0.6) is 0 Å². The Labute approximate surface area is 400 Å². The van der Waals surface area contributed by atoms with Crippen molar-refractivity contribution in [3.05, 3.63) is 24.5 Å². The van der Waals surface area contributed by atoms with Crippen molar-refractivity contribution in [1.29, 1.82) is 0 Å². The van der Waals surface area contributed by atoms with Crippen LogP contribution in [0.2, 0.25) is 0 Å². The van der Waals surface area contributed by atoms with Crippen LogP contribution >= 0.6 is 0 Å². The molecule has 2 N–H and O–H groups in total. The van der Waals surface area contributed by atoms with Gasteiger partial charge in [0.05, 0.1) is 14.2 Å². The SMILES string of the molecule is C.CN(C)c1cc[n+](S(=O)(=O)N=C([O-])OC(C)(C)C)cc1.CNCCCCCCCCCCCC(=O)OC.COC(=O)CCCCCCCCCCCN(C)S(=O)(=O)NC(=O)OC(C)(C)C. The molecule has 0 unspecified atom stereocenters. The number of nitrogens with zero attached hydrogens (tertiary/aromatic N) is 4. The zero-order chi connectivity index (χ0) is 50.0. The highest BCUT2D eigenvalue weighted by Gasteiger charge is 2.25. The Hall–Kier alpha value is -3.75. The first-order valence-corrected chi connectivity index (χ1v) is 25.8. The summed E-state index contributed by atoms with van der Waals surface area (Å²) in [6, 6.07) is 3.20. The second kappa shape index (κ2) is 37.3. The molecule has 388 valence electrons. The van der Waals surface area contributed by atoms with Gasteiger partial charge >= 0.3 is 38.5 Å². The van der Waals surface area contributed by atoms with Gasteiger partial charge in [-0.2, -0.15) is 12.7 Å².